The predicted molar refractivity (Wildman–Crippen MR) is 113 cm³/mol. The average Bonchev–Trinajstić information content (AvgIpc) is 2.63. The van der Waals surface area contributed by atoms with Crippen LogP contribution < -0.4 is 11.1 Å². The third-order valence-corrected chi connectivity index (χ3v) is 5.68. The Balaban J connectivity index is 1.86. The highest BCUT2D eigenvalue weighted by Crippen LogP contribution is 2.33. The summed E-state index contributed by atoms with van der Waals surface area (Å²) in [5, 5.41) is 3.99. The molecule has 0 aliphatic rings. The van der Waals surface area contributed by atoms with E-state index < -0.39 is 0 Å². The summed E-state index contributed by atoms with van der Waals surface area (Å²) in [5.74, 6) is -0.300. The molecular formula is C20H17Cl2N3OS. The molecule has 3 rings (SSSR count). The fraction of sp³-hybridized carbons (Fsp3) is 0.100. The number of carbonyl (C=O) groups excluding carboxylic acids is 1. The SMILES string of the molecule is Cc1ccc(Sc2ncccc2C(=O)Nc2cc(Cl)c(N)c(Cl)c2)cc1C. The molecule has 1 heterocycles. The van der Waals surface area contributed by atoms with Crippen LogP contribution in [0.25, 0.3) is 0 Å². The van der Waals surface area contributed by atoms with Gasteiger partial charge in [0.2, 0.25) is 0 Å². The van der Waals surface area contributed by atoms with Gasteiger partial charge in [0.15, 0.2) is 0 Å². The Labute approximate surface area is 172 Å². The van der Waals surface area contributed by atoms with E-state index in [0.717, 1.165) is 4.90 Å². The van der Waals surface area contributed by atoms with E-state index in [1.807, 2.05) is 6.07 Å². The maximum atomic E-state index is 12.8. The third kappa shape index (κ3) is 4.56. The molecule has 0 atom stereocenters. The van der Waals surface area contributed by atoms with E-state index in [4.69, 9.17) is 28.9 Å². The fourth-order valence-electron chi connectivity index (χ4n) is 2.39. The molecule has 0 fully saturated rings. The van der Waals surface area contributed by atoms with Gasteiger partial charge in [0.05, 0.1) is 21.3 Å². The van der Waals surface area contributed by atoms with Crippen LogP contribution in [0.1, 0.15) is 21.5 Å². The van der Waals surface area contributed by atoms with Crippen molar-refractivity contribution in [1.29, 1.82) is 0 Å². The molecule has 7 heteroatoms. The van der Waals surface area contributed by atoms with Gasteiger partial charge in [-0.25, -0.2) is 4.98 Å². The van der Waals surface area contributed by atoms with Crippen LogP contribution in [-0.2, 0) is 0 Å². The Kier molecular flexibility index (Phi) is 5.95. The first kappa shape index (κ1) is 19.5. The lowest BCUT2D eigenvalue weighted by molar-refractivity contribution is 0.102. The number of anilines is 2. The lowest BCUT2D eigenvalue weighted by atomic mass is 10.1. The molecule has 2 aromatic carbocycles. The van der Waals surface area contributed by atoms with E-state index >= 15 is 0 Å². The Hall–Kier alpha value is -2.21. The number of carbonyl (C=O) groups is 1. The monoisotopic (exact) mass is 417 g/mol. The summed E-state index contributed by atoms with van der Waals surface area (Å²) in [7, 11) is 0. The second-order valence-electron chi connectivity index (χ2n) is 6.01. The first-order valence-electron chi connectivity index (χ1n) is 8.11. The Morgan fingerprint density at radius 1 is 1.07 bits per heavy atom. The van der Waals surface area contributed by atoms with Crippen molar-refractivity contribution < 1.29 is 4.79 Å². The standard InChI is InChI=1S/C20H17Cl2N3OS/c1-11-5-6-14(8-12(11)2)27-20-15(4-3-7-24-20)19(26)25-13-9-16(21)18(23)17(22)10-13/h3-10H,23H2,1-2H3,(H,25,26). The Morgan fingerprint density at radius 3 is 2.44 bits per heavy atom. The number of benzene rings is 2. The minimum Gasteiger partial charge on any atom is -0.396 e. The largest absolute Gasteiger partial charge is 0.396 e. The maximum absolute atomic E-state index is 12.8. The van der Waals surface area contributed by atoms with Crippen LogP contribution in [0, 0.1) is 13.8 Å². The van der Waals surface area contributed by atoms with Gasteiger partial charge >= 0.3 is 0 Å². The molecule has 138 valence electrons. The van der Waals surface area contributed by atoms with Gasteiger partial charge < -0.3 is 11.1 Å². The van der Waals surface area contributed by atoms with Crippen molar-refractivity contribution in [3.63, 3.8) is 0 Å². The number of nitrogens with two attached hydrogens (primary N) is 1. The zero-order valence-corrected chi connectivity index (χ0v) is 17.0. The number of hydrogen-bond donors (Lipinski definition) is 2. The highest BCUT2D eigenvalue weighted by molar-refractivity contribution is 7.99. The molecule has 0 saturated carbocycles. The van der Waals surface area contributed by atoms with Crippen LogP contribution in [0.5, 0.6) is 0 Å². The number of rotatable bonds is 4. The van der Waals surface area contributed by atoms with E-state index in [1.54, 1.807) is 30.5 Å². The summed E-state index contributed by atoms with van der Waals surface area (Å²) in [5.41, 5.74) is 9.35. The van der Waals surface area contributed by atoms with Gasteiger partial charge in [0.1, 0.15) is 5.03 Å². The number of amides is 1. The Morgan fingerprint density at radius 2 is 1.78 bits per heavy atom. The number of aryl methyl sites for hydroxylation is 2. The topological polar surface area (TPSA) is 68.0 Å². The molecule has 0 spiro atoms. The van der Waals surface area contributed by atoms with Crippen molar-refractivity contribution in [1.82, 2.24) is 4.98 Å². The molecular weight excluding hydrogens is 401 g/mol. The number of nitrogen functional groups attached to an aromatic ring is 1. The molecule has 3 aromatic rings. The van der Waals surface area contributed by atoms with Crippen molar-refractivity contribution in [2.24, 2.45) is 0 Å². The smallest absolute Gasteiger partial charge is 0.258 e. The summed E-state index contributed by atoms with van der Waals surface area (Å²) >= 11 is 13.5. The number of nitrogens with zero attached hydrogens (tertiary/aromatic N) is 1. The van der Waals surface area contributed by atoms with Gasteiger partial charge in [0, 0.05) is 16.8 Å². The second-order valence-corrected chi connectivity index (χ2v) is 7.89. The lowest BCUT2D eigenvalue weighted by Gasteiger charge is -2.11. The summed E-state index contributed by atoms with van der Waals surface area (Å²) in [6.45, 7) is 4.12. The summed E-state index contributed by atoms with van der Waals surface area (Å²) in [4.78, 5) is 18.2. The van der Waals surface area contributed by atoms with Gasteiger partial charge in [0.25, 0.3) is 5.91 Å². The second kappa shape index (κ2) is 8.21. The average molecular weight is 418 g/mol. The van der Waals surface area contributed by atoms with Crippen LogP contribution in [0.3, 0.4) is 0 Å². The normalized spacial score (nSPS) is 10.7. The van der Waals surface area contributed by atoms with Crippen molar-refractivity contribution in [3.05, 3.63) is 75.4 Å². The van der Waals surface area contributed by atoms with Crippen LogP contribution in [0.2, 0.25) is 10.0 Å². The highest BCUT2D eigenvalue weighted by Gasteiger charge is 2.15. The molecule has 0 saturated heterocycles. The molecule has 0 unspecified atom stereocenters. The van der Waals surface area contributed by atoms with Crippen LogP contribution in [-0.4, -0.2) is 10.9 Å². The van der Waals surface area contributed by atoms with Crippen molar-refractivity contribution >= 4 is 52.2 Å². The van der Waals surface area contributed by atoms with Crippen LogP contribution >= 0.6 is 35.0 Å². The lowest BCUT2D eigenvalue weighted by Crippen LogP contribution is -2.13. The number of nitrogens with one attached hydrogen (secondary N) is 1. The molecule has 0 radical (unpaired) electrons. The van der Waals surface area contributed by atoms with Crippen molar-refractivity contribution in [2.75, 3.05) is 11.1 Å². The van der Waals surface area contributed by atoms with Crippen molar-refractivity contribution in [2.45, 2.75) is 23.8 Å². The van der Waals surface area contributed by atoms with Gasteiger partial charge in [-0.1, -0.05) is 41.0 Å². The van der Waals surface area contributed by atoms with Gasteiger partial charge in [-0.05, 0) is 61.4 Å². The zero-order chi connectivity index (χ0) is 19.6. The molecule has 0 aliphatic carbocycles. The predicted octanol–water partition coefficient (Wildman–Crippen LogP) is 5.99. The first-order valence-corrected chi connectivity index (χ1v) is 9.68. The quantitative estimate of drug-likeness (QED) is 0.511. The van der Waals surface area contributed by atoms with E-state index in [1.165, 1.54) is 22.9 Å². The zero-order valence-electron chi connectivity index (χ0n) is 14.7. The van der Waals surface area contributed by atoms with Gasteiger partial charge in [-0.15, -0.1) is 0 Å². The van der Waals surface area contributed by atoms with E-state index in [0.29, 0.717) is 16.3 Å². The number of hydrogen-bond acceptors (Lipinski definition) is 4. The van der Waals surface area contributed by atoms with Crippen LogP contribution in [0.4, 0.5) is 11.4 Å². The number of aromatic nitrogens is 1. The van der Waals surface area contributed by atoms with E-state index in [-0.39, 0.29) is 21.6 Å². The molecule has 27 heavy (non-hydrogen) atoms. The van der Waals surface area contributed by atoms with E-state index in [2.05, 4.69) is 36.3 Å². The molecule has 1 aromatic heterocycles. The summed E-state index contributed by atoms with van der Waals surface area (Å²) in [6.07, 6.45) is 1.66. The summed E-state index contributed by atoms with van der Waals surface area (Å²) in [6, 6.07) is 12.7. The molecule has 4 nitrogen and oxygen atoms in total. The minimum absolute atomic E-state index is 0.281. The highest BCUT2D eigenvalue weighted by atomic mass is 35.5. The first-order chi connectivity index (χ1) is 12.8. The van der Waals surface area contributed by atoms with Crippen LogP contribution in [0.15, 0.2) is 58.6 Å². The molecule has 0 bridgehead atoms. The third-order valence-electron chi connectivity index (χ3n) is 4.05. The number of pyridine rings is 1. The molecule has 0 aliphatic heterocycles. The molecule has 3 N–H and O–H groups in total. The minimum atomic E-state index is -0.300. The van der Waals surface area contributed by atoms with Crippen molar-refractivity contribution in [3.8, 4) is 0 Å². The van der Waals surface area contributed by atoms with Gasteiger partial charge in [-0.3, -0.25) is 4.79 Å². The Bertz CT molecular complexity index is 1000. The number of halogens is 2. The maximum Gasteiger partial charge on any atom is 0.258 e. The van der Waals surface area contributed by atoms with Gasteiger partial charge in [-0.2, -0.15) is 0 Å². The van der Waals surface area contributed by atoms with E-state index in [9.17, 15) is 4.79 Å². The fourth-order valence-corrected chi connectivity index (χ4v) is 3.86. The summed E-state index contributed by atoms with van der Waals surface area (Å²) < 4.78 is 0. The molecule has 1 amide bonds.